The van der Waals surface area contributed by atoms with E-state index >= 15 is 0 Å². The van der Waals surface area contributed by atoms with Crippen LogP contribution in [-0.2, 0) is 4.74 Å². The van der Waals surface area contributed by atoms with Gasteiger partial charge >= 0.3 is 6.09 Å². The molecule has 0 aromatic rings. The minimum Gasteiger partial charge on any atom is -0.447 e. The van der Waals surface area contributed by atoms with Crippen LogP contribution in [0.4, 0.5) is 4.79 Å². The van der Waals surface area contributed by atoms with Crippen LogP contribution in [-0.4, -0.2) is 18.2 Å². The van der Waals surface area contributed by atoms with Gasteiger partial charge in [0.1, 0.15) is 6.04 Å². The zero-order chi connectivity index (χ0) is 12.0. The molecule has 0 saturated heterocycles. The largest absolute Gasteiger partial charge is 0.447 e. The van der Waals surface area contributed by atoms with Gasteiger partial charge in [-0.3, -0.25) is 0 Å². The lowest BCUT2D eigenvalue weighted by molar-refractivity contribution is 0.110. The maximum Gasteiger partial charge on any atom is 0.408 e. The summed E-state index contributed by atoms with van der Waals surface area (Å²) in [5, 5.41) is 11.7. The monoisotopic (exact) mass is 224 g/mol. The summed E-state index contributed by atoms with van der Waals surface area (Å²) in [5.41, 5.74) is 0. The third kappa shape index (κ3) is 4.09. The maximum atomic E-state index is 11.4. The maximum absolute atomic E-state index is 11.4. The molecule has 4 heteroatoms. The molecule has 1 aliphatic carbocycles. The molecule has 1 aliphatic rings. The van der Waals surface area contributed by atoms with Crippen LogP contribution in [0, 0.1) is 17.2 Å². The molecule has 1 unspecified atom stereocenters. The van der Waals surface area contributed by atoms with Crippen LogP contribution in [0.25, 0.3) is 0 Å². The number of nitrogens with zero attached hydrogens (tertiary/aromatic N) is 1. The number of hydrogen-bond donors (Lipinski definition) is 1. The summed E-state index contributed by atoms with van der Waals surface area (Å²) in [6, 6.07) is 1.77. The number of carbonyl (C=O) groups excluding carboxylic acids is 1. The average molecular weight is 224 g/mol. The molecule has 1 saturated carbocycles. The average Bonchev–Trinajstić information content (AvgIpc) is 2.26. The topological polar surface area (TPSA) is 62.1 Å². The van der Waals surface area contributed by atoms with Gasteiger partial charge in [-0.1, -0.05) is 19.3 Å². The molecular formula is C12H20N2O2. The van der Waals surface area contributed by atoms with E-state index < -0.39 is 12.1 Å². The smallest absolute Gasteiger partial charge is 0.408 e. The first-order valence-corrected chi connectivity index (χ1v) is 6.00. The van der Waals surface area contributed by atoms with E-state index in [1.165, 1.54) is 6.42 Å². The fraction of sp³-hybridized carbons (Fsp3) is 0.833. The quantitative estimate of drug-likeness (QED) is 0.801. The van der Waals surface area contributed by atoms with E-state index in [4.69, 9.17) is 10.00 Å². The van der Waals surface area contributed by atoms with E-state index in [1.54, 1.807) is 13.8 Å². The van der Waals surface area contributed by atoms with Gasteiger partial charge in [-0.15, -0.1) is 0 Å². The summed E-state index contributed by atoms with van der Waals surface area (Å²) in [6.45, 7) is 3.59. The summed E-state index contributed by atoms with van der Waals surface area (Å²) in [5.74, 6) is 0.290. The van der Waals surface area contributed by atoms with Crippen molar-refractivity contribution in [1.29, 1.82) is 5.26 Å². The van der Waals surface area contributed by atoms with Gasteiger partial charge in [0.05, 0.1) is 12.2 Å². The predicted molar refractivity (Wildman–Crippen MR) is 60.7 cm³/mol. The third-order valence-electron chi connectivity index (χ3n) is 2.88. The Labute approximate surface area is 97.0 Å². The van der Waals surface area contributed by atoms with E-state index in [1.807, 2.05) is 0 Å². The van der Waals surface area contributed by atoms with Gasteiger partial charge in [0.2, 0.25) is 0 Å². The summed E-state index contributed by atoms with van der Waals surface area (Å²) in [7, 11) is 0. The Bertz CT molecular complexity index is 265. The van der Waals surface area contributed by atoms with Crippen molar-refractivity contribution < 1.29 is 9.53 Å². The lowest BCUT2D eigenvalue weighted by Crippen LogP contribution is -2.41. The molecule has 1 amide bonds. The Morgan fingerprint density at radius 2 is 2.00 bits per heavy atom. The van der Waals surface area contributed by atoms with Crippen LogP contribution in [0.15, 0.2) is 0 Å². The molecule has 90 valence electrons. The molecule has 0 radical (unpaired) electrons. The molecule has 16 heavy (non-hydrogen) atoms. The molecular weight excluding hydrogens is 204 g/mol. The highest BCUT2D eigenvalue weighted by molar-refractivity contribution is 5.68. The van der Waals surface area contributed by atoms with E-state index in [9.17, 15) is 4.79 Å². The number of carbonyl (C=O) groups is 1. The SMILES string of the molecule is CC(C)OC(=O)NC(C#N)C1CCCCC1. The number of rotatable bonds is 3. The van der Waals surface area contributed by atoms with E-state index in [0.29, 0.717) is 5.92 Å². The predicted octanol–water partition coefficient (Wildman–Crippen LogP) is 2.59. The molecule has 0 heterocycles. The van der Waals surface area contributed by atoms with Gasteiger partial charge in [0.15, 0.2) is 0 Å². The fourth-order valence-corrected chi connectivity index (χ4v) is 2.10. The zero-order valence-electron chi connectivity index (χ0n) is 10.0. The number of alkyl carbamates (subject to hydrolysis) is 1. The van der Waals surface area contributed by atoms with Gasteiger partial charge in [-0.25, -0.2) is 4.79 Å². The molecule has 0 aromatic heterocycles. The second-order valence-corrected chi connectivity index (χ2v) is 4.60. The molecule has 1 rings (SSSR count). The third-order valence-corrected chi connectivity index (χ3v) is 2.88. The lowest BCUT2D eigenvalue weighted by atomic mass is 9.84. The van der Waals surface area contributed by atoms with Crippen LogP contribution in [0.5, 0.6) is 0 Å². The summed E-state index contributed by atoms with van der Waals surface area (Å²) >= 11 is 0. The van der Waals surface area contributed by atoms with Crippen molar-refractivity contribution in [2.24, 2.45) is 5.92 Å². The summed E-state index contributed by atoms with van der Waals surface area (Å²) < 4.78 is 4.97. The van der Waals surface area contributed by atoms with Crippen molar-refractivity contribution in [2.45, 2.75) is 58.1 Å². The molecule has 1 N–H and O–H groups in total. The minimum atomic E-state index is -0.480. The summed E-state index contributed by atoms with van der Waals surface area (Å²) in [4.78, 5) is 11.4. The van der Waals surface area contributed by atoms with Crippen LogP contribution < -0.4 is 5.32 Å². The Hall–Kier alpha value is -1.24. The lowest BCUT2D eigenvalue weighted by Gasteiger charge is -2.26. The van der Waals surface area contributed by atoms with Crippen LogP contribution in [0.3, 0.4) is 0 Å². The number of ether oxygens (including phenoxy) is 1. The first-order valence-electron chi connectivity index (χ1n) is 6.00. The second kappa shape index (κ2) is 6.37. The molecule has 1 fully saturated rings. The Morgan fingerprint density at radius 3 is 2.50 bits per heavy atom. The molecule has 0 spiro atoms. The molecule has 0 aliphatic heterocycles. The highest BCUT2D eigenvalue weighted by Gasteiger charge is 2.25. The summed E-state index contributed by atoms with van der Waals surface area (Å²) in [6.07, 6.45) is 4.98. The Kier molecular flexibility index (Phi) is 5.10. The van der Waals surface area contributed by atoms with Crippen molar-refractivity contribution >= 4 is 6.09 Å². The Morgan fingerprint density at radius 1 is 1.38 bits per heavy atom. The van der Waals surface area contributed by atoms with Crippen molar-refractivity contribution in [3.63, 3.8) is 0 Å². The van der Waals surface area contributed by atoms with Gasteiger partial charge in [-0.05, 0) is 32.6 Å². The van der Waals surface area contributed by atoms with Gasteiger partial charge < -0.3 is 10.1 Å². The normalized spacial score (nSPS) is 18.9. The zero-order valence-corrected chi connectivity index (χ0v) is 10.0. The highest BCUT2D eigenvalue weighted by atomic mass is 16.6. The minimum absolute atomic E-state index is 0.148. The fourth-order valence-electron chi connectivity index (χ4n) is 2.10. The molecule has 4 nitrogen and oxygen atoms in total. The number of nitriles is 1. The Balaban J connectivity index is 2.42. The van der Waals surface area contributed by atoms with E-state index in [0.717, 1.165) is 25.7 Å². The van der Waals surface area contributed by atoms with Crippen molar-refractivity contribution in [3.8, 4) is 6.07 Å². The number of hydrogen-bond acceptors (Lipinski definition) is 3. The molecule has 1 atom stereocenters. The first kappa shape index (κ1) is 12.8. The number of nitrogens with one attached hydrogen (secondary N) is 1. The van der Waals surface area contributed by atoms with Crippen LogP contribution in [0.1, 0.15) is 46.0 Å². The first-order chi connectivity index (χ1) is 7.63. The van der Waals surface area contributed by atoms with Gasteiger partial charge in [0.25, 0.3) is 0 Å². The van der Waals surface area contributed by atoms with E-state index in [-0.39, 0.29) is 6.10 Å². The van der Waals surface area contributed by atoms with Crippen molar-refractivity contribution in [1.82, 2.24) is 5.32 Å². The molecule has 0 bridgehead atoms. The standard InChI is InChI=1S/C12H20N2O2/c1-9(2)16-12(15)14-11(8-13)10-6-4-3-5-7-10/h9-11H,3-7H2,1-2H3,(H,14,15). The van der Waals surface area contributed by atoms with Gasteiger partial charge in [0, 0.05) is 0 Å². The van der Waals surface area contributed by atoms with Crippen molar-refractivity contribution in [2.75, 3.05) is 0 Å². The molecule has 0 aromatic carbocycles. The second-order valence-electron chi connectivity index (χ2n) is 4.60. The number of amides is 1. The highest BCUT2D eigenvalue weighted by Crippen LogP contribution is 2.26. The van der Waals surface area contributed by atoms with Crippen LogP contribution in [0.2, 0.25) is 0 Å². The van der Waals surface area contributed by atoms with E-state index in [2.05, 4.69) is 11.4 Å². The van der Waals surface area contributed by atoms with Crippen molar-refractivity contribution in [3.05, 3.63) is 0 Å². The van der Waals surface area contributed by atoms with Crippen LogP contribution >= 0.6 is 0 Å². The van der Waals surface area contributed by atoms with Gasteiger partial charge in [-0.2, -0.15) is 5.26 Å².